The molecule has 0 radical (unpaired) electrons. The number of ether oxygens (including phenoxy) is 2. The minimum atomic E-state index is -0.698. The van der Waals surface area contributed by atoms with E-state index in [2.05, 4.69) is 10.1 Å². The van der Waals surface area contributed by atoms with Crippen molar-refractivity contribution in [3.8, 4) is 5.75 Å². The molecule has 0 spiro atoms. The van der Waals surface area contributed by atoms with Crippen molar-refractivity contribution in [3.05, 3.63) is 23.8 Å². The van der Waals surface area contributed by atoms with Crippen LogP contribution < -0.4 is 15.8 Å². The summed E-state index contributed by atoms with van der Waals surface area (Å²) in [5.41, 5.74) is 6.50. The summed E-state index contributed by atoms with van der Waals surface area (Å²) in [6.45, 7) is 3.65. The van der Waals surface area contributed by atoms with E-state index in [1.165, 1.54) is 20.3 Å². The number of amides is 1. The number of anilines is 1. The van der Waals surface area contributed by atoms with Gasteiger partial charge in [0.05, 0.1) is 19.9 Å². The quantitative estimate of drug-likeness (QED) is 0.625. The number of nitrogens with two attached hydrogens (primary N) is 1. The Kier molecular flexibility index (Phi) is 5.37. The molecule has 3 N–H and O–H groups in total. The van der Waals surface area contributed by atoms with Gasteiger partial charge in [-0.05, 0) is 24.1 Å². The summed E-state index contributed by atoms with van der Waals surface area (Å²) in [6, 6.07) is 3.98. The number of hydrogen-bond acceptors (Lipinski definition) is 5. The van der Waals surface area contributed by atoms with Gasteiger partial charge in [-0.3, -0.25) is 4.79 Å². The SMILES string of the molecule is COC(=O)C(NC(=O)c1ccc(N)c(OC)c1)C(C)C. The van der Waals surface area contributed by atoms with Crippen molar-refractivity contribution in [3.63, 3.8) is 0 Å². The fraction of sp³-hybridized carbons (Fsp3) is 0.429. The molecule has 110 valence electrons. The molecule has 0 heterocycles. The lowest BCUT2D eigenvalue weighted by Crippen LogP contribution is -2.45. The highest BCUT2D eigenvalue weighted by atomic mass is 16.5. The molecule has 6 nitrogen and oxygen atoms in total. The van der Waals surface area contributed by atoms with E-state index in [1.54, 1.807) is 12.1 Å². The van der Waals surface area contributed by atoms with Crippen LogP contribution in [0, 0.1) is 5.92 Å². The standard InChI is InChI=1S/C14H20N2O4/c1-8(2)12(14(18)20-4)16-13(17)9-5-6-10(15)11(7-9)19-3/h5-8,12H,15H2,1-4H3,(H,16,17). The maximum Gasteiger partial charge on any atom is 0.328 e. The first-order valence-electron chi connectivity index (χ1n) is 6.23. The van der Waals surface area contributed by atoms with Gasteiger partial charge in [-0.1, -0.05) is 13.8 Å². The number of nitrogens with one attached hydrogen (secondary N) is 1. The smallest absolute Gasteiger partial charge is 0.328 e. The van der Waals surface area contributed by atoms with Gasteiger partial charge in [-0.2, -0.15) is 0 Å². The number of benzene rings is 1. The Morgan fingerprint density at radius 2 is 1.90 bits per heavy atom. The van der Waals surface area contributed by atoms with Gasteiger partial charge in [0.25, 0.3) is 5.91 Å². The van der Waals surface area contributed by atoms with Crippen molar-refractivity contribution >= 4 is 17.6 Å². The zero-order valence-electron chi connectivity index (χ0n) is 12.1. The normalized spacial score (nSPS) is 11.8. The van der Waals surface area contributed by atoms with E-state index in [0.717, 1.165) is 0 Å². The first-order valence-corrected chi connectivity index (χ1v) is 6.23. The predicted molar refractivity (Wildman–Crippen MR) is 75.5 cm³/mol. The van der Waals surface area contributed by atoms with Gasteiger partial charge in [-0.15, -0.1) is 0 Å². The molecule has 0 aromatic heterocycles. The van der Waals surface area contributed by atoms with E-state index < -0.39 is 12.0 Å². The molecule has 1 aromatic carbocycles. The van der Waals surface area contributed by atoms with Gasteiger partial charge >= 0.3 is 5.97 Å². The van der Waals surface area contributed by atoms with Gasteiger partial charge < -0.3 is 20.5 Å². The third-order valence-electron chi connectivity index (χ3n) is 2.90. The Morgan fingerprint density at radius 3 is 2.40 bits per heavy atom. The molecule has 1 atom stereocenters. The van der Waals surface area contributed by atoms with Gasteiger partial charge in [-0.25, -0.2) is 4.79 Å². The number of methoxy groups -OCH3 is 2. The summed E-state index contributed by atoms with van der Waals surface area (Å²) in [4.78, 5) is 23.8. The van der Waals surface area contributed by atoms with Crippen LogP contribution in [0.25, 0.3) is 0 Å². The van der Waals surface area contributed by atoms with Crippen molar-refractivity contribution < 1.29 is 19.1 Å². The zero-order valence-corrected chi connectivity index (χ0v) is 12.1. The molecule has 0 aliphatic rings. The summed E-state index contributed by atoms with van der Waals surface area (Å²) in [7, 11) is 2.76. The van der Waals surface area contributed by atoms with Crippen molar-refractivity contribution in [1.82, 2.24) is 5.32 Å². The molecule has 0 bridgehead atoms. The van der Waals surface area contributed by atoms with E-state index in [9.17, 15) is 9.59 Å². The van der Waals surface area contributed by atoms with E-state index in [0.29, 0.717) is 17.0 Å². The molecule has 1 aromatic rings. The Balaban J connectivity index is 2.92. The maximum atomic E-state index is 12.1. The monoisotopic (exact) mass is 280 g/mol. The summed E-state index contributed by atoms with van der Waals surface area (Å²) in [6.07, 6.45) is 0. The molecule has 0 saturated carbocycles. The number of rotatable bonds is 5. The lowest BCUT2D eigenvalue weighted by Gasteiger charge is -2.20. The molecular formula is C14H20N2O4. The minimum Gasteiger partial charge on any atom is -0.495 e. The van der Waals surface area contributed by atoms with Crippen LogP contribution in [-0.2, 0) is 9.53 Å². The number of carbonyl (C=O) groups excluding carboxylic acids is 2. The number of esters is 1. The molecule has 0 fully saturated rings. The second-order valence-electron chi connectivity index (χ2n) is 4.68. The molecular weight excluding hydrogens is 260 g/mol. The largest absolute Gasteiger partial charge is 0.495 e. The van der Waals surface area contributed by atoms with Gasteiger partial charge in [0, 0.05) is 5.56 Å². The van der Waals surface area contributed by atoms with Gasteiger partial charge in [0.15, 0.2) is 0 Å². The lowest BCUT2D eigenvalue weighted by molar-refractivity contribution is -0.144. The molecule has 1 amide bonds. The first kappa shape index (κ1) is 15.8. The number of carbonyl (C=O) groups is 2. The van der Waals surface area contributed by atoms with Crippen molar-refractivity contribution in [2.75, 3.05) is 20.0 Å². The third kappa shape index (κ3) is 3.63. The Morgan fingerprint density at radius 1 is 1.25 bits per heavy atom. The highest BCUT2D eigenvalue weighted by molar-refractivity contribution is 5.97. The summed E-state index contributed by atoms with van der Waals surface area (Å²) in [5, 5.41) is 2.64. The van der Waals surface area contributed by atoms with E-state index >= 15 is 0 Å². The van der Waals surface area contributed by atoms with E-state index in [1.807, 2.05) is 13.8 Å². The van der Waals surface area contributed by atoms with Crippen LogP contribution in [0.3, 0.4) is 0 Å². The second-order valence-corrected chi connectivity index (χ2v) is 4.68. The van der Waals surface area contributed by atoms with Gasteiger partial charge in [0.2, 0.25) is 0 Å². The van der Waals surface area contributed by atoms with Crippen molar-refractivity contribution in [2.45, 2.75) is 19.9 Å². The Bertz CT molecular complexity index is 500. The van der Waals surface area contributed by atoms with E-state index in [-0.39, 0.29) is 11.8 Å². The zero-order chi connectivity index (χ0) is 15.3. The predicted octanol–water partition coefficient (Wildman–Crippen LogP) is 1.20. The Hall–Kier alpha value is -2.24. The van der Waals surface area contributed by atoms with Crippen LogP contribution in [-0.4, -0.2) is 32.1 Å². The van der Waals surface area contributed by atoms with Crippen LogP contribution in [0.4, 0.5) is 5.69 Å². The Labute approximate surface area is 118 Å². The molecule has 0 aliphatic heterocycles. The van der Waals surface area contributed by atoms with Crippen LogP contribution in [0.5, 0.6) is 5.75 Å². The minimum absolute atomic E-state index is 0.0814. The van der Waals surface area contributed by atoms with Crippen molar-refractivity contribution in [2.24, 2.45) is 5.92 Å². The summed E-state index contributed by atoms with van der Waals surface area (Å²) >= 11 is 0. The van der Waals surface area contributed by atoms with E-state index in [4.69, 9.17) is 10.5 Å². The average Bonchev–Trinajstić information content (AvgIpc) is 2.43. The van der Waals surface area contributed by atoms with Gasteiger partial charge in [0.1, 0.15) is 11.8 Å². The molecule has 1 rings (SSSR count). The van der Waals surface area contributed by atoms with Crippen LogP contribution in [0.15, 0.2) is 18.2 Å². The third-order valence-corrected chi connectivity index (χ3v) is 2.90. The van der Waals surface area contributed by atoms with Crippen LogP contribution in [0.2, 0.25) is 0 Å². The average molecular weight is 280 g/mol. The number of nitrogen functional groups attached to an aromatic ring is 1. The van der Waals surface area contributed by atoms with Crippen LogP contribution >= 0.6 is 0 Å². The van der Waals surface area contributed by atoms with Crippen molar-refractivity contribution in [1.29, 1.82) is 0 Å². The summed E-state index contributed by atoms with van der Waals surface area (Å²) in [5.74, 6) is -0.526. The fourth-order valence-corrected chi connectivity index (χ4v) is 1.70. The topological polar surface area (TPSA) is 90.7 Å². The fourth-order valence-electron chi connectivity index (χ4n) is 1.70. The molecule has 1 unspecified atom stereocenters. The number of hydrogen-bond donors (Lipinski definition) is 2. The molecule has 0 aliphatic carbocycles. The second kappa shape index (κ2) is 6.79. The van der Waals surface area contributed by atoms with Crippen LogP contribution in [0.1, 0.15) is 24.2 Å². The lowest BCUT2D eigenvalue weighted by atomic mass is 10.0. The first-order chi connectivity index (χ1) is 9.40. The highest BCUT2D eigenvalue weighted by Gasteiger charge is 2.25. The highest BCUT2D eigenvalue weighted by Crippen LogP contribution is 2.22. The molecule has 6 heteroatoms. The molecule has 20 heavy (non-hydrogen) atoms. The molecule has 0 saturated heterocycles. The maximum absolute atomic E-state index is 12.1. The summed E-state index contributed by atoms with van der Waals surface area (Å²) < 4.78 is 9.74.